The zero-order valence-electron chi connectivity index (χ0n) is 8.53. The van der Waals surface area contributed by atoms with Crippen molar-refractivity contribution in [1.29, 1.82) is 0 Å². The van der Waals surface area contributed by atoms with E-state index in [4.69, 9.17) is 5.11 Å². The van der Waals surface area contributed by atoms with Crippen molar-refractivity contribution in [1.82, 2.24) is 0 Å². The van der Waals surface area contributed by atoms with Crippen LogP contribution in [0.5, 0.6) is 0 Å². The predicted molar refractivity (Wildman–Crippen MR) is 61.4 cm³/mol. The molecule has 0 saturated carbocycles. The summed E-state index contributed by atoms with van der Waals surface area (Å²) in [5.41, 5.74) is 1.61. The Labute approximate surface area is 96.0 Å². The van der Waals surface area contributed by atoms with Gasteiger partial charge >= 0.3 is 5.97 Å². The van der Waals surface area contributed by atoms with E-state index in [1.165, 1.54) is 0 Å². The first kappa shape index (κ1) is 10.8. The van der Waals surface area contributed by atoms with E-state index in [9.17, 15) is 9.18 Å². The van der Waals surface area contributed by atoms with E-state index < -0.39 is 11.1 Å². The second kappa shape index (κ2) is 4.06. The third kappa shape index (κ3) is 1.72. The Balaban J connectivity index is 2.68. The third-order valence-corrected chi connectivity index (χ3v) is 3.41. The van der Waals surface area contributed by atoms with Crippen molar-refractivity contribution in [3.63, 3.8) is 0 Å². The van der Waals surface area contributed by atoms with Gasteiger partial charge in [0.05, 0.1) is 0 Å². The fraction of sp³-hybridized carbons (Fsp3) is 0.0833. The Hall–Kier alpha value is -1.68. The highest BCUT2D eigenvalue weighted by Gasteiger charge is 2.20. The molecule has 0 unspecified atom stereocenters. The lowest BCUT2D eigenvalue weighted by molar-refractivity contribution is 0.0703. The molecule has 1 aromatic heterocycles. The smallest absolute Gasteiger partial charge is 0.346 e. The second-order valence-electron chi connectivity index (χ2n) is 3.38. The van der Waals surface area contributed by atoms with E-state index in [-0.39, 0.29) is 4.88 Å². The molecular weight excluding hydrogens is 227 g/mol. The van der Waals surface area contributed by atoms with Gasteiger partial charge in [0.15, 0.2) is 5.13 Å². The number of halogens is 1. The number of hydrogen-bond acceptors (Lipinski definition) is 2. The van der Waals surface area contributed by atoms with Crippen LogP contribution in [-0.4, -0.2) is 11.1 Å². The largest absolute Gasteiger partial charge is 0.477 e. The highest BCUT2D eigenvalue weighted by atomic mass is 32.1. The van der Waals surface area contributed by atoms with Gasteiger partial charge in [0, 0.05) is 11.1 Å². The Morgan fingerprint density at radius 2 is 1.94 bits per heavy atom. The molecule has 0 radical (unpaired) electrons. The van der Waals surface area contributed by atoms with Crippen LogP contribution in [0.2, 0.25) is 0 Å². The van der Waals surface area contributed by atoms with Crippen molar-refractivity contribution in [2.45, 2.75) is 6.92 Å². The minimum absolute atomic E-state index is 0.0567. The molecule has 2 aromatic rings. The standard InChI is InChI=1S/C12H9FO2S/c1-7-9(8-5-3-2-4-6-8)10(12(14)15)16-11(7)13/h2-6H,1H3,(H,14,15). The minimum atomic E-state index is -1.09. The minimum Gasteiger partial charge on any atom is -0.477 e. The lowest BCUT2D eigenvalue weighted by Gasteiger charge is -2.01. The van der Waals surface area contributed by atoms with Gasteiger partial charge in [0.25, 0.3) is 0 Å². The molecule has 2 rings (SSSR count). The Morgan fingerprint density at radius 1 is 1.31 bits per heavy atom. The molecule has 0 fully saturated rings. The SMILES string of the molecule is Cc1c(F)sc(C(=O)O)c1-c1ccccc1. The number of carboxylic acids is 1. The quantitative estimate of drug-likeness (QED) is 0.865. The summed E-state index contributed by atoms with van der Waals surface area (Å²) in [5.74, 6) is -1.09. The monoisotopic (exact) mass is 236 g/mol. The van der Waals surface area contributed by atoms with Crippen LogP contribution in [0.4, 0.5) is 4.39 Å². The van der Waals surface area contributed by atoms with E-state index in [0.29, 0.717) is 22.5 Å². The zero-order valence-corrected chi connectivity index (χ0v) is 9.34. The lowest BCUT2D eigenvalue weighted by Crippen LogP contribution is -1.95. The Bertz CT molecular complexity index is 531. The van der Waals surface area contributed by atoms with Crippen LogP contribution < -0.4 is 0 Å². The van der Waals surface area contributed by atoms with Crippen molar-refractivity contribution in [2.24, 2.45) is 0 Å². The molecule has 0 amide bonds. The summed E-state index contributed by atoms with van der Waals surface area (Å²) < 4.78 is 13.4. The summed E-state index contributed by atoms with van der Waals surface area (Å²) in [6.45, 7) is 1.60. The molecule has 16 heavy (non-hydrogen) atoms. The van der Waals surface area contributed by atoms with E-state index >= 15 is 0 Å². The second-order valence-corrected chi connectivity index (χ2v) is 4.35. The van der Waals surface area contributed by atoms with Gasteiger partial charge in [-0.05, 0) is 12.5 Å². The lowest BCUT2D eigenvalue weighted by atomic mass is 10.0. The number of thiophene rings is 1. The molecule has 1 N–H and O–H groups in total. The number of aromatic carboxylic acids is 1. The number of carbonyl (C=O) groups is 1. The van der Waals surface area contributed by atoms with Gasteiger partial charge in [-0.25, -0.2) is 4.79 Å². The van der Waals surface area contributed by atoms with Crippen molar-refractivity contribution < 1.29 is 14.3 Å². The Morgan fingerprint density at radius 3 is 2.50 bits per heavy atom. The van der Waals surface area contributed by atoms with Crippen molar-refractivity contribution >= 4 is 17.3 Å². The van der Waals surface area contributed by atoms with Crippen LogP contribution in [0.3, 0.4) is 0 Å². The van der Waals surface area contributed by atoms with Gasteiger partial charge in [-0.15, -0.1) is 0 Å². The van der Waals surface area contributed by atoms with Crippen molar-refractivity contribution in [3.05, 3.63) is 45.9 Å². The van der Waals surface area contributed by atoms with Gasteiger partial charge in [-0.1, -0.05) is 41.7 Å². The normalized spacial score (nSPS) is 10.4. The van der Waals surface area contributed by atoms with Gasteiger partial charge in [-0.3, -0.25) is 0 Å². The maximum Gasteiger partial charge on any atom is 0.346 e. The van der Waals surface area contributed by atoms with Crippen LogP contribution >= 0.6 is 11.3 Å². The summed E-state index contributed by atoms with van der Waals surface area (Å²) in [7, 11) is 0. The Kier molecular flexibility index (Phi) is 2.75. The third-order valence-electron chi connectivity index (χ3n) is 2.35. The molecule has 0 aliphatic rings. The van der Waals surface area contributed by atoms with Crippen LogP contribution in [-0.2, 0) is 0 Å². The molecule has 0 aliphatic heterocycles. The number of hydrogen-bond donors (Lipinski definition) is 1. The molecule has 82 valence electrons. The van der Waals surface area contributed by atoms with Crippen LogP contribution in [0.15, 0.2) is 30.3 Å². The first-order valence-corrected chi connectivity index (χ1v) is 5.50. The highest BCUT2D eigenvalue weighted by Crippen LogP contribution is 2.35. The molecule has 4 heteroatoms. The predicted octanol–water partition coefficient (Wildman–Crippen LogP) is 3.56. The molecule has 1 heterocycles. The zero-order chi connectivity index (χ0) is 11.7. The summed E-state index contributed by atoms with van der Waals surface area (Å²) in [6, 6.07) is 9.00. The fourth-order valence-electron chi connectivity index (χ4n) is 1.59. The van der Waals surface area contributed by atoms with E-state index in [1.54, 1.807) is 31.2 Å². The molecule has 0 saturated heterocycles. The van der Waals surface area contributed by atoms with E-state index in [0.717, 1.165) is 5.56 Å². The first-order valence-electron chi connectivity index (χ1n) is 4.69. The van der Waals surface area contributed by atoms with Gasteiger partial charge in [0.1, 0.15) is 4.88 Å². The van der Waals surface area contributed by atoms with Crippen molar-refractivity contribution in [3.8, 4) is 11.1 Å². The molecule has 0 bridgehead atoms. The first-order chi connectivity index (χ1) is 7.61. The van der Waals surface area contributed by atoms with Gasteiger partial charge in [0.2, 0.25) is 0 Å². The van der Waals surface area contributed by atoms with Crippen LogP contribution in [0.25, 0.3) is 11.1 Å². The average molecular weight is 236 g/mol. The maximum absolute atomic E-state index is 13.4. The van der Waals surface area contributed by atoms with Gasteiger partial charge in [-0.2, -0.15) is 4.39 Å². The molecule has 0 aliphatic carbocycles. The summed E-state index contributed by atoms with van der Waals surface area (Å²) in [5, 5.41) is 8.57. The van der Waals surface area contributed by atoms with Gasteiger partial charge < -0.3 is 5.11 Å². The number of rotatable bonds is 2. The molecular formula is C12H9FO2S. The van der Waals surface area contributed by atoms with E-state index in [2.05, 4.69) is 0 Å². The van der Waals surface area contributed by atoms with E-state index in [1.807, 2.05) is 6.07 Å². The van der Waals surface area contributed by atoms with Crippen molar-refractivity contribution in [2.75, 3.05) is 0 Å². The number of benzene rings is 1. The topological polar surface area (TPSA) is 37.3 Å². The van der Waals surface area contributed by atoms with Crippen LogP contribution in [0.1, 0.15) is 15.2 Å². The average Bonchev–Trinajstić information content (AvgIpc) is 2.57. The molecule has 2 nitrogen and oxygen atoms in total. The fourth-order valence-corrected chi connectivity index (χ4v) is 2.48. The number of carboxylic acid groups (broad SMARTS) is 1. The summed E-state index contributed by atoms with van der Waals surface area (Å²) in [4.78, 5) is 11.1. The molecule has 1 aromatic carbocycles. The molecule has 0 spiro atoms. The maximum atomic E-state index is 13.4. The summed E-state index contributed by atoms with van der Waals surface area (Å²) in [6.07, 6.45) is 0. The van der Waals surface area contributed by atoms with Crippen LogP contribution in [0, 0.1) is 12.1 Å². The summed E-state index contributed by atoms with van der Waals surface area (Å²) >= 11 is 0.678. The molecule has 0 atom stereocenters. The highest BCUT2D eigenvalue weighted by molar-refractivity contribution is 7.13.